The van der Waals surface area contributed by atoms with Crippen LogP contribution < -0.4 is 0 Å². The first-order valence-corrected chi connectivity index (χ1v) is 11.8. The molecule has 3 aromatic rings. The van der Waals surface area contributed by atoms with Crippen LogP contribution in [0.15, 0.2) is 76.1 Å². The number of thiophene rings is 1. The summed E-state index contributed by atoms with van der Waals surface area (Å²) >= 11 is 2.77. The van der Waals surface area contributed by atoms with Gasteiger partial charge in [0.05, 0.1) is 10.4 Å². The Balaban J connectivity index is 1.29. The van der Waals surface area contributed by atoms with E-state index in [1.807, 2.05) is 41.8 Å². The zero-order valence-electron chi connectivity index (χ0n) is 17.2. The van der Waals surface area contributed by atoms with E-state index in [0.717, 1.165) is 4.90 Å². The Morgan fingerprint density at radius 1 is 0.938 bits per heavy atom. The Labute approximate surface area is 194 Å². The van der Waals surface area contributed by atoms with Gasteiger partial charge in [-0.3, -0.25) is 9.59 Å². The van der Waals surface area contributed by atoms with Crippen molar-refractivity contribution in [1.82, 2.24) is 14.8 Å². The summed E-state index contributed by atoms with van der Waals surface area (Å²) in [4.78, 5) is 46.9. The van der Waals surface area contributed by atoms with Crippen LogP contribution in [0.4, 0.5) is 0 Å². The number of ether oxygens (including phenoxy) is 1. The number of nitrogens with zero attached hydrogens (tertiary/aromatic N) is 3. The molecular weight excluding hydrogens is 446 g/mol. The van der Waals surface area contributed by atoms with Gasteiger partial charge in [-0.15, -0.1) is 11.3 Å². The molecule has 0 bridgehead atoms. The van der Waals surface area contributed by atoms with Crippen molar-refractivity contribution < 1.29 is 19.1 Å². The molecule has 32 heavy (non-hydrogen) atoms. The van der Waals surface area contributed by atoms with E-state index < -0.39 is 5.97 Å². The largest absolute Gasteiger partial charge is 0.452 e. The van der Waals surface area contributed by atoms with Gasteiger partial charge < -0.3 is 14.5 Å². The van der Waals surface area contributed by atoms with Crippen LogP contribution >= 0.6 is 23.1 Å². The second-order valence-electron chi connectivity index (χ2n) is 7.00. The highest BCUT2D eigenvalue weighted by Crippen LogP contribution is 2.28. The van der Waals surface area contributed by atoms with Gasteiger partial charge in [-0.1, -0.05) is 36.0 Å². The first kappa shape index (κ1) is 22.0. The number of hydrogen-bond acceptors (Lipinski definition) is 7. The van der Waals surface area contributed by atoms with Crippen LogP contribution in [-0.4, -0.2) is 65.4 Å². The molecule has 164 valence electrons. The van der Waals surface area contributed by atoms with E-state index in [9.17, 15) is 14.4 Å². The lowest BCUT2D eigenvalue weighted by atomic mass is 10.3. The van der Waals surface area contributed by atoms with Crippen molar-refractivity contribution in [3.63, 3.8) is 0 Å². The van der Waals surface area contributed by atoms with Gasteiger partial charge in [0.15, 0.2) is 6.61 Å². The van der Waals surface area contributed by atoms with E-state index in [1.165, 1.54) is 23.1 Å². The molecule has 0 spiro atoms. The van der Waals surface area contributed by atoms with Crippen LogP contribution in [0.5, 0.6) is 0 Å². The molecule has 1 aliphatic heterocycles. The average molecular weight is 468 g/mol. The number of esters is 1. The van der Waals surface area contributed by atoms with Crippen molar-refractivity contribution in [1.29, 1.82) is 0 Å². The first-order valence-electron chi connectivity index (χ1n) is 10.1. The summed E-state index contributed by atoms with van der Waals surface area (Å²) in [7, 11) is 0. The van der Waals surface area contributed by atoms with Crippen LogP contribution in [0.1, 0.15) is 20.0 Å². The molecule has 0 atom stereocenters. The summed E-state index contributed by atoms with van der Waals surface area (Å²) in [5.41, 5.74) is 0.320. The van der Waals surface area contributed by atoms with Crippen LogP contribution in [0.2, 0.25) is 0 Å². The maximum Gasteiger partial charge on any atom is 0.341 e. The Morgan fingerprint density at radius 2 is 1.69 bits per heavy atom. The van der Waals surface area contributed by atoms with E-state index >= 15 is 0 Å². The molecule has 1 aliphatic rings. The molecule has 1 fully saturated rings. The quantitative estimate of drug-likeness (QED) is 0.517. The molecule has 7 nitrogen and oxygen atoms in total. The fourth-order valence-electron chi connectivity index (χ4n) is 3.24. The van der Waals surface area contributed by atoms with Crippen LogP contribution in [0.25, 0.3) is 0 Å². The predicted molar refractivity (Wildman–Crippen MR) is 122 cm³/mol. The third-order valence-electron chi connectivity index (χ3n) is 4.93. The number of aromatic nitrogens is 1. The van der Waals surface area contributed by atoms with E-state index in [-0.39, 0.29) is 18.4 Å². The highest BCUT2D eigenvalue weighted by Gasteiger charge is 2.26. The van der Waals surface area contributed by atoms with Crippen LogP contribution in [-0.2, 0) is 9.53 Å². The maximum atomic E-state index is 12.6. The van der Waals surface area contributed by atoms with Crippen molar-refractivity contribution >= 4 is 40.9 Å². The summed E-state index contributed by atoms with van der Waals surface area (Å²) < 4.78 is 5.29. The van der Waals surface area contributed by atoms with Gasteiger partial charge in [-0.05, 0) is 35.7 Å². The Hall–Kier alpha value is -3.17. The minimum Gasteiger partial charge on any atom is -0.452 e. The topological polar surface area (TPSA) is 79.8 Å². The first-order chi connectivity index (χ1) is 15.6. The highest BCUT2D eigenvalue weighted by molar-refractivity contribution is 7.99. The fourth-order valence-corrected chi connectivity index (χ4v) is 4.82. The number of carbonyl (C=O) groups excluding carboxylic acids is 3. The monoisotopic (exact) mass is 467 g/mol. The van der Waals surface area contributed by atoms with Crippen molar-refractivity contribution in [2.45, 2.75) is 9.92 Å². The smallest absolute Gasteiger partial charge is 0.341 e. The molecule has 0 unspecified atom stereocenters. The number of hydrogen-bond donors (Lipinski definition) is 0. The molecule has 9 heteroatoms. The van der Waals surface area contributed by atoms with E-state index in [2.05, 4.69) is 4.98 Å². The minimum atomic E-state index is -0.587. The molecule has 2 amide bonds. The summed E-state index contributed by atoms with van der Waals surface area (Å²) in [6.45, 7) is 1.39. The number of rotatable bonds is 6. The van der Waals surface area contributed by atoms with Crippen molar-refractivity contribution in [3.8, 4) is 0 Å². The normalized spacial score (nSPS) is 13.6. The second-order valence-corrected chi connectivity index (χ2v) is 9.01. The number of piperazine rings is 1. The zero-order chi connectivity index (χ0) is 22.3. The third kappa shape index (κ3) is 5.35. The number of amides is 2. The minimum absolute atomic E-state index is 0.0152. The second kappa shape index (κ2) is 10.4. The third-order valence-corrected chi connectivity index (χ3v) is 6.81. The summed E-state index contributed by atoms with van der Waals surface area (Å²) in [6.07, 6.45) is 1.62. The van der Waals surface area contributed by atoms with Gasteiger partial charge in [-0.25, -0.2) is 9.78 Å². The van der Waals surface area contributed by atoms with Crippen molar-refractivity contribution in [2.24, 2.45) is 0 Å². The lowest BCUT2D eigenvalue weighted by Gasteiger charge is -2.34. The van der Waals surface area contributed by atoms with Gasteiger partial charge in [0.1, 0.15) is 5.03 Å². The summed E-state index contributed by atoms with van der Waals surface area (Å²) in [5.74, 6) is -0.877. The SMILES string of the molecule is O=C(OCC(=O)N1CCN(C(=O)c2cccs2)CC1)c1cccnc1Sc1ccccc1. The van der Waals surface area contributed by atoms with E-state index in [1.54, 1.807) is 34.2 Å². The number of carbonyl (C=O) groups is 3. The molecule has 3 heterocycles. The fraction of sp³-hybridized carbons (Fsp3) is 0.217. The Bertz CT molecular complexity index is 1080. The molecular formula is C23H21N3O4S2. The summed E-state index contributed by atoms with van der Waals surface area (Å²) in [5, 5.41) is 2.39. The van der Waals surface area contributed by atoms with Gasteiger partial charge in [0, 0.05) is 37.3 Å². The Morgan fingerprint density at radius 3 is 2.41 bits per heavy atom. The molecule has 2 aromatic heterocycles. The summed E-state index contributed by atoms with van der Waals surface area (Å²) in [6, 6.07) is 16.6. The van der Waals surface area contributed by atoms with Gasteiger partial charge in [0.2, 0.25) is 0 Å². The lowest BCUT2D eigenvalue weighted by Crippen LogP contribution is -2.51. The van der Waals surface area contributed by atoms with Crippen molar-refractivity contribution in [2.75, 3.05) is 32.8 Å². The molecule has 0 radical (unpaired) electrons. The van der Waals surface area contributed by atoms with Gasteiger partial charge >= 0.3 is 5.97 Å². The Kier molecular flexibility index (Phi) is 7.18. The van der Waals surface area contributed by atoms with Crippen molar-refractivity contribution in [3.05, 3.63) is 76.6 Å². The molecule has 1 saturated heterocycles. The molecule has 0 saturated carbocycles. The van der Waals surface area contributed by atoms with E-state index in [4.69, 9.17) is 4.74 Å². The molecule has 0 aliphatic carbocycles. The number of pyridine rings is 1. The molecule has 4 rings (SSSR count). The van der Waals surface area contributed by atoms with Crippen LogP contribution in [0.3, 0.4) is 0 Å². The zero-order valence-corrected chi connectivity index (χ0v) is 18.8. The maximum absolute atomic E-state index is 12.6. The standard InChI is InChI=1S/C23H21N3O4S2/c27-20(25-11-13-26(14-12-25)22(28)19-9-5-15-31-19)16-30-23(29)18-8-4-10-24-21(18)32-17-6-2-1-3-7-17/h1-10,15H,11-14,16H2. The van der Waals surface area contributed by atoms with Gasteiger partial charge in [0.25, 0.3) is 11.8 Å². The lowest BCUT2D eigenvalue weighted by molar-refractivity contribution is -0.136. The average Bonchev–Trinajstić information content (AvgIpc) is 3.38. The predicted octanol–water partition coefficient (Wildman–Crippen LogP) is 3.44. The highest BCUT2D eigenvalue weighted by atomic mass is 32.2. The number of benzene rings is 1. The van der Waals surface area contributed by atoms with Crippen LogP contribution in [0, 0.1) is 0 Å². The van der Waals surface area contributed by atoms with Gasteiger partial charge in [-0.2, -0.15) is 0 Å². The molecule has 1 aromatic carbocycles. The van der Waals surface area contributed by atoms with E-state index in [0.29, 0.717) is 41.6 Å². The molecule has 0 N–H and O–H groups in total.